The molecule has 0 spiro atoms. The first-order valence-corrected chi connectivity index (χ1v) is 11.5. The molecule has 4 aromatic rings. The molecule has 0 radical (unpaired) electrons. The summed E-state index contributed by atoms with van der Waals surface area (Å²) in [5, 5.41) is 8.63. The van der Waals surface area contributed by atoms with E-state index in [0.717, 1.165) is 5.56 Å². The number of halogens is 3. The third-order valence-electron chi connectivity index (χ3n) is 5.39. The van der Waals surface area contributed by atoms with Gasteiger partial charge in [0.25, 0.3) is 5.91 Å². The SMILES string of the molecule is COc1ccc(-c2cc(C(=O)NCCc3ccc(Cl)cc3Cl)n(-c3ccc(F)cc3)n2)c(OC)c1. The lowest BCUT2D eigenvalue weighted by molar-refractivity contribution is 0.0946. The molecule has 180 valence electrons. The highest BCUT2D eigenvalue weighted by Gasteiger charge is 2.20. The number of hydrogen-bond acceptors (Lipinski definition) is 4. The van der Waals surface area contributed by atoms with Crippen LogP contribution in [0.25, 0.3) is 16.9 Å². The minimum Gasteiger partial charge on any atom is -0.497 e. The predicted octanol–water partition coefficient (Wildman–Crippen LogP) is 5.97. The fourth-order valence-electron chi connectivity index (χ4n) is 3.59. The predicted molar refractivity (Wildman–Crippen MR) is 135 cm³/mol. The largest absolute Gasteiger partial charge is 0.497 e. The van der Waals surface area contributed by atoms with Crippen molar-refractivity contribution in [1.82, 2.24) is 15.1 Å². The molecule has 6 nitrogen and oxygen atoms in total. The maximum atomic E-state index is 13.5. The van der Waals surface area contributed by atoms with Gasteiger partial charge in [0.15, 0.2) is 0 Å². The Hall–Kier alpha value is -3.55. The first-order chi connectivity index (χ1) is 16.9. The molecule has 35 heavy (non-hydrogen) atoms. The second-order valence-corrected chi connectivity index (χ2v) is 8.45. The maximum absolute atomic E-state index is 13.5. The molecule has 0 aliphatic heterocycles. The number of aromatic nitrogens is 2. The zero-order valence-electron chi connectivity index (χ0n) is 19.0. The van der Waals surface area contributed by atoms with Crippen molar-refractivity contribution in [2.24, 2.45) is 0 Å². The molecular formula is C26H22Cl2FN3O3. The number of rotatable bonds is 8. The number of nitrogens with zero attached hydrogens (tertiary/aromatic N) is 2. The van der Waals surface area contributed by atoms with E-state index in [1.165, 1.54) is 16.8 Å². The Kier molecular flexibility index (Phi) is 7.58. The van der Waals surface area contributed by atoms with E-state index in [1.807, 2.05) is 6.07 Å². The molecule has 9 heteroatoms. The van der Waals surface area contributed by atoms with Crippen LogP contribution in [0.4, 0.5) is 4.39 Å². The first kappa shape index (κ1) is 24.6. The summed E-state index contributed by atoms with van der Waals surface area (Å²) in [5.41, 5.74) is 2.88. The van der Waals surface area contributed by atoms with Gasteiger partial charge in [0.05, 0.1) is 25.6 Å². The zero-order valence-corrected chi connectivity index (χ0v) is 20.5. The number of ether oxygens (including phenoxy) is 2. The fraction of sp³-hybridized carbons (Fsp3) is 0.154. The average Bonchev–Trinajstić information content (AvgIpc) is 3.30. The summed E-state index contributed by atoms with van der Waals surface area (Å²) >= 11 is 12.2. The van der Waals surface area contributed by atoms with Gasteiger partial charge in [0.2, 0.25) is 0 Å². The lowest BCUT2D eigenvalue weighted by Gasteiger charge is -2.09. The molecular weight excluding hydrogens is 492 g/mol. The van der Waals surface area contributed by atoms with Crippen molar-refractivity contribution in [3.63, 3.8) is 0 Å². The van der Waals surface area contributed by atoms with Crippen molar-refractivity contribution in [3.05, 3.63) is 93.8 Å². The molecule has 1 heterocycles. The van der Waals surface area contributed by atoms with Crippen LogP contribution < -0.4 is 14.8 Å². The number of nitrogens with one attached hydrogen (secondary N) is 1. The molecule has 0 atom stereocenters. The van der Waals surface area contributed by atoms with Crippen LogP contribution in [0, 0.1) is 5.82 Å². The monoisotopic (exact) mass is 513 g/mol. The molecule has 0 saturated carbocycles. The smallest absolute Gasteiger partial charge is 0.270 e. The highest BCUT2D eigenvalue weighted by molar-refractivity contribution is 6.35. The Labute approximate surface area is 212 Å². The summed E-state index contributed by atoms with van der Waals surface area (Å²) < 4.78 is 25.8. The molecule has 4 rings (SSSR count). The minimum atomic E-state index is -0.385. The van der Waals surface area contributed by atoms with Crippen LogP contribution in [0.5, 0.6) is 11.5 Å². The van der Waals surface area contributed by atoms with E-state index in [1.54, 1.807) is 62.8 Å². The number of carbonyl (C=O) groups excluding carboxylic acids is 1. The van der Waals surface area contributed by atoms with Crippen molar-refractivity contribution >= 4 is 29.1 Å². The van der Waals surface area contributed by atoms with Crippen LogP contribution in [0.1, 0.15) is 16.1 Å². The normalized spacial score (nSPS) is 10.8. The second-order valence-electron chi connectivity index (χ2n) is 7.61. The Bertz CT molecular complexity index is 1360. The summed E-state index contributed by atoms with van der Waals surface area (Å²) in [6.45, 7) is 0.343. The molecule has 1 amide bonds. The Morgan fingerprint density at radius 1 is 1.00 bits per heavy atom. The third kappa shape index (κ3) is 5.58. The summed E-state index contributed by atoms with van der Waals surface area (Å²) in [6.07, 6.45) is 0.519. The molecule has 1 N–H and O–H groups in total. The van der Waals surface area contributed by atoms with Crippen LogP contribution in [-0.4, -0.2) is 36.5 Å². The molecule has 0 bridgehead atoms. The summed E-state index contributed by atoms with van der Waals surface area (Å²) in [4.78, 5) is 13.2. The summed E-state index contributed by atoms with van der Waals surface area (Å²) in [7, 11) is 3.11. The molecule has 1 aromatic heterocycles. The van der Waals surface area contributed by atoms with Gasteiger partial charge in [-0.2, -0.15) is 5.10 Å². The maximum Gasteiger partial charge on any atom is 0.270 e. The van der Waals surface area contributed by atoms with Crippen LogP contribution in [0.2, 0.25) is 10.0 Å². The van der Waals surface area contributed by atoms with Crippen molar-refractivity contribution in [3.8, 4) is 28.4 Å². The van der Waals surface area contributed by atoms with E-state index in [-0.39, 0.29) is 17.4 Å². The van der Waals surface area contributed by atoms with E-state index in [0.29, 0.717) is 51.5 Å². The van der Waals surface area contributed by atoms with Crippen molar-refractivity contribution < 1.29 is 18.7 Å². The van der Waals surface area contributed by atoms with E-state index < -0.39 is 0 Å². The number of methoxy groups -OCH3 is 2. The lowest BCUT2D eigenvalue weighted by Crippen LogP contribution is -2.27. The number of benzene rings is 3. The number of amides is 1. The summed E-state index contributed by atoms with van der Waals surface area (Å²) in [6, 6.07) is 18.0. The number of hydrogen-bond donors (Lipinski definition) is 1. The highest BCUT2D eigenvalue weighted by Crippen LogP contribution is 2.33. The van der Waals surface area contributed by atoms with Gasteiger partial charge in [0.1, 0.15) is 23.0 Å². The van der Waals surface area contributed by atoms with Gasteiger partial charge in [0, 0.05) is 28.2 Å². The van der Waals surface area contributed by atoms with Gasteiger partial charge >= 0.3 is 0 Å². The van der Waals surface area contributed by atoms with Crippen LogP contribution >= 0.6 is 23.2 Å². The minimum absolute atomic E-state index is 0.284. The lowest BCUT2D eigenvalue weighted by atomic mass is 10.1. The van der Waals surface area contributed by atoms with Gasteiger partial charge in [-0.1, -0.05) is 29.3 Å². The van der Waals surface area contributed by atoms with Crippen molar-refractivity contribution in [2.45, 2.75) is 6.42 Å². The Morgan fingerprint density at radius 2 is 1.77 bits per heavy atom. The van der Waals surface area contributed by atoms with Crippen LogP contribution in [0.15, 0.2) is 66.7 Å². The van der Waals surface area contributed by atoms with E-state index in [9.17, 15) is 9.18 Å². The fourth-order valence-corrected chi connectivity index (χ4v) is 4.09. The van der Waals surface area contributed by atoms with Crippen LogP contribution in [0.3, 0.4) is 0 Å². The van der Waals surface area contributed by atoms with E-state index >= 15 is 0 Å². The molecule has 3 aromatic carbocycles. The summed E-state index contributed by atoms with van der Waals surface area (Å²) in [5.74, 6) is 0.439. The van der Waals surface area contributed by atoms with Gasteiger partial charge in [-0.3, -0.25) is 4.79 Å². The van der Waals surface area contributed by atoms with E-state index in [2.05, 4.69) is 10.4 Å². The molecule has 0 saturated heterocycles. The van der Waals surface area contributed by atoms with Gasteiger partial charge < -0.3 is 14.8 Å². The number of carbonyl (C=O) groups is 1. The quantitative estimate of drug-likeness (QED) is 0.315. The molecule has 0 unspecified atom stereocenters. The van der Waals surface area contributed by atoms with Gasteiger partial charge in [-0.15, -0.1) is 0 Å². The zero-order chi connectivity index (χ0) is 24.9. The van der Waals surface area contributed by atoms with E-state index in [4.69, 9.17) is 32.7 Å². The standard InChI is InChI=1S/C26H22Cl2FN3O3/c1-34-20-9-10-21(25(14-20)35-2)23-15-24(32(31-23)19-7-5-18(29)6-8-19)26(33)30-12-11-16-3-4-17(27)13-22(16)28/h3-10,13-15H,11-12H2,1-2H3,(H,30,33). The third-order valence-corrected chi connectivity index (χ3v) is 5.98. The molecule has 0 fully saturated rings. The molecule has 0 aliphatic rings. The van der Waals surface area contributed by atoms with Crippen molar-refractivity contribution in [2.75, 3.05) is 20.8 Å². The van der Waals surface area contributed by atoms with Gasteiger partial charge in [-0.05, 0) is 66.6 Å². The highest BCUT2D eigenvalue weighted by atomic mass is 35.5. The first-order valence-electron chi connectivity index (χ1n) is 10.7. The Morgan fingerprint density at radius 3 is 2.46 bits per heavy atom. The van der Waals surface area contributed by atoms with Crippen LogP contribution in [-0.2, 0) is 6.42 Å². The van der Waals surface area contributed by atoms with Crippen molar-refractivity contribution in [1.29, 1.82) is 0 Å². The molecule has 0 aliphatic carbocycles. The topological polar surface area (TPSA) is 65.4 Å². The second kappa shape index (κ2) is 10.8. The average molecular weight is 514 g/mol. The Balaban J connectivity index is 1.65. The van der Waals surface area contributed by atoms with Gasteiger partial charge in [-0.25, -0.2) is 9.07 Å².